The Kier molecular flexibility index (Phi) is 4.29. The third-order valence-corrected chi connectivity index (χ3v) is 4.74. The molecule has 0 aliphatic carbocycles. The fourth-order valence-corrected chi connectivity index (χ4v) is 3.33. The van der Waals surface area contributed by atoms with Crippen molar-refractivity contribution in [2.24, 2.45) is 5.92 Å². The van der Waals surface area contributed by atoms with Crippen molar-refractivity contribution in [3.8, 4) is 11.3 Å². The number of carbonyl (C=O) groups excluding carboxylic acids is 2. The van der Waals surface area contributed by atoms with Gasteiger partial charge in [-0.2, -0.15) is 5.10 Å². The minimum atomic E-state index is 0.104. The lowest BCUT2D eigenvalue weighted by Gasteiger charge is -2.17. The second-order valence-corrected chi connectivity index (χ2v) is 6.59. The SMILES string of the molecule is CC(=O)SCC1CC(=O)N(c2cccc(-c3ccn[nH]3)c2)C1. The number of aromatic amines is 1. The van der Waals surface area contributed by atoms with Crippen LogP contribution in [0.2, 0.25) is 0 Å². The molecule has 0 radical (unpaired) electrons. The van der Waals surface area contributed by atoms with Gasteiger partial charge < -0.3 is 4.90 Å². The quantitative estimate of drug-likeness (QED) is 0.942. The minimum Gasteiger partial charge on any atom is -0.312 e. The number of hydrogen-bond donors (Lipinski definition) is 1. The van der Waals surface area contributed by atoms with E-state index in [1.54, 1.807) is 13.1 Å². The number of aromatic nitrogens is 2. The normalized spacial score (nSPS) is 18.0. The fourth-order valence-electron chi connectivity index (χ4n) is 2.64. The lowest BCUT2D eigenvalue weighted by atomic mass is 10.1. The molecule has 1 unspecified atom stereocenters. The molecule has 6 heteroatoms. The van der Waals surface area contributed by atoms with Gasteiger partial charge in [-0.25, -0.2) is 0 Å². The van der Waals surface area contributed by atoms with Crippen molar-refractivity contribution in [3.05, 3.63) is 36.5 Å². The Hall–Kier alpha value is -2.08. The van der Waals surface area contributed by atoms with E-state index in [0.29, 0.717) is 18.7 Å². The molecule has 0 bridgehead atoms. The monoisotopic (exact) mass is 315 g/mol. The van der Waals surface area contributed by atoms with Crippen LogP contribution < -0.4 is 4.90 Å². The summed E-state index contributed by atoms with van der Waals surface area (Å²) in [7, 11) is 0. The van der Waals surface area contributed by atoms with Gasteiger partial charge in [0.1, 0.15) is 0 Å². The Morgan fingerprint density at radius 2 is 2.32 bits per heavy atom. The maximum atomic E-state index is 12.2. The highest BCUT2D eigenvalue weighted by molar-refractivity contribution is 8.13. The van der Waals surface area contributed by atoms with E-state index in [-0.39, 0.29) is 16.9 Å². The Balaban J connectivity index is 1.75. The van der Waals surface area contributed by atoms with E-state index in [0.717, 1.165) is 16.9 Å². The number of nitrogens with zero attached hydrogens (tertiary/aromatic N) is 2. The first-order chi connectivity index (χ1) is 10.6. The highest BCUT2D eigenvalue weighted by Gasteiger charge is 2.30. The van der Waals surface area contributed by atoms with Gasteiger partial charge in [-0.05, 0) is 24.1 Å². The van der Waals surface area contributed by atoms with Gasteiger partial charge >= 0.3 is 0 Å². The van der Waals surface area contributed by atoms with Crippen molar-refractivity contribution in [1.29, 1.82) is 0 Å². The molecule has 2 heterocycles. The number of anilines is 1. The second kappa shape index (κ2) is 6.36. The molecular weight excluding hydrogens is 298 g/mol. The fraction of sp³-hybridized carbons (Fsp3) is 0.312. The number of carbonyl (C=O) groups is 2. The molecule has 0 spiro atoms. The molecule has 1 amide bonds. The van der Waals surface area contributed by atoms with Crippen molar-refractivity contribution < 1.29 is 9.59 Å². The van der Waals surface area contributed by atoms with Crippen LogP contribution in [0.15, 0.2) is 36.5 Å². The minimum absolute atomic E-state index is 0.104. The summed E-state index contributed by atoms with van der Waals surface area (Å²) in [5.74, 6) is 1.06. The highest BCUT2D eigenvalue weighted by atomic mass is 32.2. The van der Waals surface area contributed by atoms with Crippen LogP contribution in [0.5, 0.6) is 0 Å². The molecule has 5 nitrogen and oxygen atoms in total. The summed E-state index contributed by atoms with van der Waals surface area (Å²) < 4.78 is 0. The Morgan fingerprint density at radius 3 is 3.05 bits per heavy atom. The van der Waals surface area contributed by atoms with Gasteiger partial charge in [-0.15, -0.1) is 0 Å². The number of benzene rings is 1. The number of thioether (sulfide) groups is 1. The molecule has 1 aliphatic heterocycles. The third kappa shape index (κ3) is 3.22. The predicted octanol–water partition coefficient (Wildman–Crippen LogP) is 2.71. The van der Waals surface area contributed by atoms with Crippen molar-refractivity contribution in [2.75, 3.05) is 17.2 Å². The average molecular weight is 315 g/mol. The van der Waals surface area contributed by atoms with E-state index >= 15 is 0 Å². The summed E-state index contributed by atoms with van der Waals surface area (Å²) in [6.07, 6.45) is 2.21. The largest absolute Gasteiger partial charge is 0.312 e. The summed E-state index contributed by atoms with van der Waals surface area (Å²) in [5, 5.41) is 6.99. The summed E-state index contributed by atoms with van der Waals surface area (Å²) in [6.45, 7) is 2.23. The van der Waals surface area contributed by atoms with Crippen LogP contribution >= 0.6 is 11.8 Å². The maximum Gasteiger partial charge on any atom is 0.227 e. The number of amides is 1. The molecular formula is C16H17N3O2S. The Morgan fingerprint density at radius 1 is 1.45 bits per heavy atom. The van der Waals surface area contributed by atoms with E-state index in [2.05, 4.69) is 10.2 Å². The van der Waals surface area contributed by atoms with Gasteiger partial charge in [0.15, 0.2) is 5.12 Å². The van der Waals surface area contributed by atoms with E-state index in [1.165, 1.54) is 11.8 Å². The van der Waals surface area contributed by atoms with Crippen LogP contribution in [-0.4, -0.2) is 33.5 Å². The first kappa shape index (κ1) is 14.8. The molecule has 3 rings (SSSR count). The molecule has 1 N–H and O–H groups in total. The predicted molar refractivity (Wildman–Crippen MR) is 87.6 cm³/mol. The number of H-pyrrole nitrogens is 1. The molecule has 1 aromatic heterocycles. The van der Waals surface area contributed by atoms with Crippen molar-refractivity contribution >= 4 is 28.5 Å². The van der Waals surface area contributed by atoms with Gasteiger partial charge in [0.2, 0.25) is 5.91 Å². The molecule has 1 aromatic carbocycles. The summed E-state index contributed by atoms with van der Waals surface area (Å²) in [4.78, 5) is 25.1. The zero-order valence-corrected chi connectivity index (χ0v) is 13.1. The van der Waals surface area contributed by atoms with E-state index in [1.807, 2.05) is 35.2 Å². The van der Waals surface area contributed by atoms with Crippen molar-refractivity contribution in [1.82, 2.24) is 10.2 Å². The van der Waals surface area contributed by atoms with Crippen LogP contribution in [0, 0.1) is 5.92 Å². The molecule has 114 valence electrons. The Bertz CT molecular complexity index is 684. The number of nitrogens with one attached hydrogen (secondary N) is 1. The van der Waals surface area contributed by atoms with Gasteiger partial charge in [0, 0.05) is 43.1 Å². The molecule has 2 aromatic rings. The van der Waals surface area contributed by atoms with Crippen LogP contribution in [0.3, 0.4) is 0 Å². The third-order valence-electron chi connectivity index (χ3n) is 3.70. The van der Waals surface area contributed by atoms with Crippen LogP contribution in [-0.2, 0) is 9.59 Å². The molecule has 22 heavy (non-hydrogen) atoms. The summed E-state index contributed by atoms with van der Waals surface area (Å²) in [5.41, 5.74) is 2.83. The molecule has 1 atom stereocenters. The second-order valence-electron chi connectivity index (χ2n) is 5.40. The van der Waals surface area contributed by atoms with E-state index < -0.39 is 0 Å². The first-order valence-corrected chi connectivity index (χ1v) is 8.15. The maximum absolute atomic E-state index is 12.2. The standard InChI is InChI=1S/C16H17N3O2S/c1-11(20)22-10-12-7-16(21)19(9-12)14-4-2-3-13(8-14)15-5-6-17-18-15/h2-6,8,12H,7,9-10H2,1H3,(H,17,18). The Labute approximate surface area is 133 Å². The van der Waals surface area contributed by atoms with Gasteiger partial charge in [-0.3, -0.25) is 14.7 Å². The van der Waals surface area contributed by atoms with Gasteiger partial charge in [0.25, 0.3) is 0 Å². The highest BCUT2D eigenvalue weighted by Crippen LogP contribution is 2.30. The first-order valence-electron chi connectivity index (χ1n) is 7.17. The lowest BCUT2D eigenvalue weighted by molar-refractivity contribution is -0.117. The molecule has 1 saturated heterocycles. The number of hydrogen-bond acceptors (Lipinski definition) is 4. The van der Waals surface area contributed by atoms with Gasteiger partial charge in [-0.1, -0.05) is 23.9 Å². The average Bonchev–Trinajstić information content (AvgIpc) is 3.15. The van der Waals surface area contributed by atoms with Gasteiger partial charge in [0.05, 0.1) is 5.69 Å². The lowest BCUT2D eigenvalue weighted by Crippen LogP contribution is -2.24. The van der Waals surface area contributed by atoms with Crippen LogP contribution in [0.4, 0.5) is 5.69 Å². The van der Waals surface area contributed by atoms with E-state index in [4.69, 9.17) is 0 Å². The molecule has 1 aliphatic rings. The van der Waals surface area contributed by atoms with E-state index in [9.17, 15) is 9.59 Å². The topological polar surface area (TPSA) is 66.1 Å². The van der Waals surface area contributed by atoms with Crippen LogP contribution in [0.25, 0.3) is 11.3 Å². The van der Waals surface area contributed by atoms with Crippen molar-refractivity contribution in [3.63, 3.8) is 0 Å². The smallest absolute Gasteiger partial charge is 0.227 e. The molecule has 0 saturated carbocycles. The summed E-state index contributed by atoms with van der Waals surface area (Å²) >= 11 is 1.30. The zero-order chi connectivity index (χ0) is 15.5. The van der Waals surface area contributed by atoms with Crippen LogP contribution in [0.1, 0.15) is 13.3 Å². The number of rotatable bonds is 4. The molecule has 1 fully saturated rings. The summed E-state index contributed by atoms with van der Waals surface area (Å²) in [6, 6.07) is 9.76. The zero-order valence-electron chi connectivity index (χ0n) is 12.3. The van der Waals surface area contributed by atoms with Crippen molar-refractivity contribution in [2.45, 2.75) is 13.3 Å².